The summed E-state index contributed by atoms with van der Waals surface area (Å²) in [6, 6.07) is 5.97. The van der Waals surface area contributed by atoms with Gasteiger partial charge in [-0.2, -0.15) is 10.1 Å². The number of nitrogens with zero attached hydrogens (tertiary/aromatic N) is 7. The SMILES string of the molecule is CN(C)c1nc(N2CCN(c3ccccn3)CC2)ncc1C=NNC(N)=S. The van der Waals surface area contributed by atoms with Crippen LogP contribution in [0.15, 0.2) is 35.7 Å². The summed E-state index contributed by atoms with van der Waals surface area (Å²) in [7, 11) is 3.87. The van der Waals surface area contributed by atoms with Crippen molar-refractivity contribution in [3.05, 3.63) is 36.2 Å². The lowest BCUT2D eigenvalue weighted by atomic mass is 10.3. The van der Waals surface area contributed by atoms with Crippen LogP contribution in [-0.4, -0.2) is 66.6 Å². The largest absolute Gasteiger partial charge is 0.375 e. The van der Waals surface area contributed by atoms with E-state index < -0.39 is 0 Å². The summed E-state index contributed by atoms with van der Waals surface area (Å²) in [5, 5.41) is 4.11. The number of aromatic nitrogens is 3. The normalized spacial score (nSPS) is 14.4. The highest BCUT2D eigenvalue weighted by Gasteiger charge is 2.21. The molecule has 3 N–H and O–H groups in total. The number of hydrogen-bond donors (Lipinski definition) is 2. The number of nitrogens with two attached hydrogens (primary N) is 1. The van der Waals surface area contributed by atoms with Gasteiger partial charge in [-0.05, 0) is 24.4 Å². The highest BCUT2D eigenvalue weighted by atomic mass is 32.1. The molecule has 0 unspecified atom stereocenters. The van der Waals surface area contributed by atoms with Crippen molar-refractivity contribution in [3.8, 4) is 0 Å². The van der Waals surface area contributed by atoms with Gasteiger partial charge in [0.05, 0.1) is 11.8 Å². The van der Waals surface area contributed by atoms with Crippen LogP contribution < -0.4 is 25.9 Å². The van der Waals surface area contributed by atoms with Crippen molar-refractivity contribution < 1.29 is 0 Å². The molecule has 27 heavy (non-hydrogen) atoms. The summed E-state index contributed by atoms with van der Waals surface area (Å²) < 4.78 is 0. The van der Waals surface area contributed by atoms with Gasteiger partial charge in [0, 0.05) is 52.7 Å². The predicted octanol–water partition coefficient (Wildman–Crippen LogP) is 0.431. The van der Waals surface area contributed by atoms with Crippen LogP contribution in [0.2, 0.25) is 0 Å². The summed E-state index contributed by atoms with van der Waals surface area (Å²) in [6.45, 7) is 3.41. The molecule has 142 valence electrons. The summed E-state index contributed by atoms with van der Waals surface area (Å²) in [5.74, 6) is 2.49. The molecular formula is C17H23N9S. The second kappa shape index (κ2) is 8.58. The quantitative estimate of drug-likeness (QED) is 0.431. The van der Waals surface area contributed by atoms with Crippen LogP contribution in [-0.2, 0) is 0 Å². The maximum absolute atomic E-state index is 5.38. The van der Waals surface area contributed by atoms with Gasteiger partial charge in [0.1, 0.15) is 11.6 Å². The Morgan fingerprint density at radius 1 is 1.22 bits per heavy atom. The molecule has 0 saturated carbocycles. The standard InChI is InChI=1S/C17H23N9S/c1-24(2)15-13(12-21-23-16(18)27)11-20-17(22-15)26-9-7-25(8-10-26)14-5-3-4-6-19-14/h3-6,11-12H,7-10H2,1-2H3,(H3,18,23,27). The molecule has 1 saturated heterocycles. The Morgan fingerprint density at radius 2 is 1.96 bits per heavy atom. The van der Waals surface area contributed by atoms with Gasteiger partial charge in [0.2, 0.25) is 5.95 Å². The van der Waals surface area contributed by atoms with E-state index in [4.69, 9.17) is 22.9 Å². The third-order valence-electron chi connectivity index (χ3n) is 4.12. The summed E-state index contributed by atoms with van der Waals surface area (Å²) in [6.07, 6.45) is 5.19. The van der Waals surface area contributed by atoms with E-state index in [1.165, 1.54) is 0 Å². The molecule has 0 bridgehead atoms. The first-order chi connectivity index (χ1) is 13.0. The zero-order chi connectivity index (χ0) is 19.2. The number of hydrazone groups is 1. The fraction of sp³-hybridized carbons (Fsp3) is 0.353. The number of thiocarbonyl (C=S) groups is 1. The Morgan fingerprint density at radius 3 is 2.59 bits per heavy atom. The summed E-state index contributed by atoms with van der Waals surface area (Å²) >= 11 is 4.74. The van der Waals surface area contributed by atoms with Crippen LogP contribution in [0, 0.1) is 0 Å². The van der Waals surface area contributed by atoms with Gasteiger partial charge in [-0.15, -0.1) is 0 Å². The van der Waals surface area contributed by atoms with Gasteiger partial charge >= 0.3 is 0 Å². The molecule has 1 aliphatic heterocycles. The monoisotopic (exact) mass is 385 g/mol. The molecule has 3 rings (SSSR count). The second-order valence-electron chi connectivity index (χ2n) is 6.24. The predicted molar refractivity (Wildman–Crippen MR) is 113 cm³/mol. The fourth-order valence-corrected chi connectivity index (χ4v) is 2.87. The Hall–Kier alpha value is -3.01. The van der Waals surface area contributed by atoms with E-state index in [1.54, 1.807) is 12.4 Å². The number of pyridine rings is 1. The topological polar surface area (TPSA) is 98.8 Å². The Kier molecular flexibility index (Phi) is 5.97. The highest BCUT2D eigenvalue weighted by Crippen LogP contribution is 2.20. The first-order valence-electron chi connectivity index (χ1n) is 8.58. The Labute approximate surface area is 163 Å². The maximum atomic E-state index is 5.38. The zero-order valence-corrected chi connectivity index (χ0v) is 16.2. The van der Waals surface area contributed by atoms with E-state index >= 15 is 0 Å². The van der Waals surface area contributed by atoms with Gasteiger partial charge in [-0.25, -0.2) is 9.97 Å². The number of anilines is 3. The van der Waals surface area contributed by atoms with Gasteiger partial charge in [0.25, 0.3) is 0 Å². The molecular weight excluding hydrogens is 362 g/mol. The van der Waals surface area contributed by atoms with E-state index in [9.17, 15) is 0 Å². The van der Waals surface area contributed by atoms with E-state index in [0.29, 0.717) is 5.95 Å². The summed E-state index contributed by atoms with van der Waals surface area (Å²) in [4.78, 5) is 20.0. The van der Waals surface area contributed by atoms with Crippen molar-refractivity contribution in [3.63, 3.8) is 0 Å². The van der Waals surface area contributed by atoms with Crippen molar-refractivity contribution in [1.82, 2.24) is 20.4 Å². The number of hydrogen-bond acceptors (Lipinski definition) is 8. The van der Waals surface area contributed by atoms with Crippen LogP contribution in [0.4, 0.5) is 17.6 Å². The second-order valence-corrected chi connectivity index (χ2v) is 6.68. The first kappa shape index (κ1) is 18.8. The van der Waals surface area contributed by atoms with Gasteiger partial charge in [-0.1, -0.05) is 6.07 Å². The first-order valence-corrected chi connectivity index (χ1v) is 8.99. The van der Waals surface area contributed by atoms with Crippen LogP contribution >= 0.6 is 12.2 Å². The molecule has 0 atom stereocenters. The maximum Gasteiger partial charge on any atom is 0.227 e. The van der Waals surface area contributed by atoms with E-state index in [1.807, 2.05) is 43.4 Å². The molecule has 0 aliphatic carbocycles. The average Bonchev–Trinajstić information content (AvgIpc) is 2.68. The number of piperazine rings is 1. The lowest BCUT2D eigenvalue weighted by molar-refractivity contribution is 0.634. The molecule has 0 amide bonds. The average molecular weight is 386 g/mol. The van der Waals surface area contributed by atoms with Crippen LogP contribution in [0.3, 0.4) is 0 Å². The third kappa shape index (κ3) is 4.79. The molecule has 1 fully saturated rings. The molecule has 1 aliphatic rings. The van der Waals surface area contributed by atoms with Crippen LogP contribution in [0.5, 0.6) is 0 Å². The van der Waals surface area contributed by atoms with Crippen molar-refractivity contribution in [2.45, 2.75) is 0 Å². The van der Waals surface area contributed by atoms with Crippen LogP contribution in [0.1, 0.15) is 5.56 Å². The Bertz CT molecular complexity index is 801. The lowest BCUT2D eigenvalue weighted by Crippen LogP contribution is -2.47. The summed E-state index contributed by atoms with van der Waals surface area (Å²) in [5.41, 5.74) is 8.70. The molecule has 0 radical (unpaired) electrons. The minimum absolute atomic E-state index is 0.112. The van der Waals surface area contributed by atoms with Gasteiger partial charge in [-0.3, -0.25) is 5.43 Å². The van der Waals surface area contributed by atoms with Gasteiger partial charge < -0.3 is 20.4 Å². The zero-order valence-electron chi connectivity index (χ0n) is 15.4. The van der Waals surface area contributed by atoms with Crippen molar-refractivity contribution >= 4 is 41.1 Å². The third-order valence-corrected chi connectivity index (χ3v) is 4.21. The van der Waals surface area contributed by atoms with Crippen LogP contribution in [0.25, 0.3) is 0 Å². The molecule has 0 spiro atoms. The van der Waals surface area contributed by atoms with E-state index in [-0.39, 0.29) is 5.11 Å². The van der Waals surface area contributed by atoms with E-state index in [2.05, 4.69) is 30.3 Å². The molecule has 3 heterocycles. The molecule has 10 heteroatoms. The highest BCUT2D eigenvalue weighted by molar-refractivity contribution is 7.80. The van der Waals surface area contributed by atoms with Crippen molar-refractivity contribution in [2.75, 3.05) is 55.0 Å². The smallest absolute Gasteiger partial charge is 0.227 e. The lowest BCUT2D eigenvalue weighted by Gasteiger charge is -2.35. The minimum Gasteiger partial charge on any atom is -0.375 e. The van der Waals surface area contributed by atoms with Gasteiger partial charge in [0.15, 0.2) is 5.11 Å². The van der Waals surface area contributed by atoms with Crippen molar-refractivity contribution in [2.24, 2.45) is 10.8 Å². The fourth-order valence-electron chi connectivity index (χ4n) is 2.82. The number of rotatable bonds is 5. The minimum atomic E-state index is 0.112. The molecule has 2 aromatic heterocycles. The Balaban J connectivity index is 1.71. The van der Waals surface area contributed by atoms with Crippen molar-refractivity contribution in [1.29, 1.82) is 0 Å². The number of nitrogens with one attached hydrogen (secondary N) is 1. The molecule has 2 aromatic rings. The van der Waals surface area contributed by atoms with E-state index in [0.717, 1.165) is 43.4 Å². The molecule has 0 aromatic carbocycles. The molecule has 9 nitrogen and oxygen atoms in total.